The van der Waals surface area contributed by atoms with Gasteiger partial charge in [-0.3, -0.25) is 0 Å². The monoisotopic (exact) mass is 328 g/mol. The Morgan fingerprint density at radius 2 is 2.00 bits per heavy atom. The van der Waals surface area contributed by atoms with Gasteiger partial charge in [-0.25, -0.2) is 4.79 Å². The van der Waals surface area contributed by atoms with Crippen LogP contribution >= 0.6 is 11.3 Å². The molecular formula is C17H16N2O3S. The lowest BCUT2D eigenvalue weighted by molar-refractivity contribution is 0.0740. The highest BCUT2D eigenvalue weighted by atomic mass is 32.1. The zero-order valence-electron chi connectivity index (χ0n) is 13.1. The second-order valence-corrected chi connectivity index (χ2v) is 6.26. The van der Waals surface area contributed by atoms with Crippen molar-refractivity contribution in [3.63, 3.8) is 0 Å². The summed E-state index contributed by atoms with van der Waals surface area (Å²) >= 11 is 1.48. The summed E-state index contributed by atoms with van der Waals surface area (Å²) in [4.78, 5) is 18.2. The standard InChI is InChI=1S/C17H16N2O3S/c1-4-14-10(2)9-15(23-14)17(20)21-13-7-5-12(6-8-13)16-18-11(3)22-19-16/h5-9H,4H2,1-3H3. The highest BCUT2D eigenvalue weighted by Crippen LogP contribution is 2.25. The van der Waals surface area contributed by atoms with Crippen molar-refractivity contribution in [1.82, 2.24) is 10.1 Å². The van der Waals surface area contributed by atoms with Crippen LogP contribution in [0, 0.1) is 13.8 Å². The Labute approximate surface area is 137 Å². The van der Waals surface area contributed by atoms with Crippen molar-refractivity contribution in [2.75, 3.05) is 0 Å². The summed E-state index contributed by atoms with van der Waals surface area (Å²) in [6.45, 7) is 5.82. The van der Waals surface area contributed by atoms with Crippen molar-refractivity contribution in [3.8, 4) is 17.1 Å². The van der Waals surface area contributed by atoms with E-state index < -0.39 is 0 Å². The molecule has 0 bridgehead atoms. The molecule has 0 amide bonds. The molecule has 3 aromatic rings. The molecule has 5 nitrogen and oxygen atoms in total. The van der Waals surface area contributed by atoms with Crippen LogP contribution in [-0.4, -0.2) is 16.1 Å². The van der Waals surface area contributed by atoms with E-state index in [1.165, 1.54) is 16.2 Å². The molecule has 118 valence electrons. The van der Waals surface area contributed by atoms with Gasteiger partial charge in [0.05, 0.1) is 0 Å². The quantitative estimate of drug-likeness (QED) is 0.530. The van der Waals surface area contributed by atoms with Gasteiger partial charge >= 0.3 is 5.97 Å². The van der Waals surface area contributed by atoms with E-state index in [0.29, 0.717) is 22.3 Å². The van der Waals surface area contributed by atoms with Gasteiger partial charge in [0.25, 0.3) is 0 Å². The molecule has 0 aliphatic rings. The van der Waals surface area contributed by atoms with Crippen LogP contribution in [-0.2, 0) is 6.42 Å². The van der Waals surface area contributed by atoms with Gasteiger partial charge in [0.2, 0.25) is 11.7 Å². The predicted molar refractivity (Wildman–Crippen MR) is 87.9 cm³/mol. The summed E-state index contributed by atoms with van der Waals surface area (Å²) in [7, 11) is 0. The fourth-order valence-corrected chi connectivity index (χ4v) is 3.21. The van der Waals surface area contributed by atoms with Crippen molar-refractivity contribution < 1.29 is 14.1 Å². The molecule has 3 rings (SSSR count). The van der Waals surface area contributed by atoms with Crippen LogP contribution in [0.1, 0.15) is 32.9 Å². The summed E-state index contributed by atoms with van der Waals surface area (Å²) < 4.78 is 10.4. The number of nitrogens with zero attached hydrogens (tertiary/aromatic N) is 2. The minimum absolute atomic E-state index is 0.332. The molecule has 0 unspecified atom stereocenters. The Hall–Kier alpha value is -2.47. The number of aryl methyl sites for hydroxylation is 3. The van der Waals surface area contributed by atoms with Gasteiger partial charge in [-0.1, -0.05) is 12.1 Å². The summed E-state index contributed by atoms with van der Waals surface area (Å²) in [5.41, 5.74) is 1.94. The number of aromatic nitrogens is 2. The third-order valence-corrected chi connectivity index (χ3v) is 4.75. The molecule has 0 saturated heterocycles. The molecule has 2 aromatic heterocycles. The molecule has 0 spiro atoms. The third-order valence-electron chi connectivity index (χ3n) is 3.39. The molecule has 0 saturated carbocycles. The number of carbonyl (C=O) groups is 1. The first kappa shape index (κ1) is 15.4. The molecule has 6 heteroatoms. The van der Waals surface area contributed by atoms with Crippen LogP contribution in [0.15, 0.2) is 34.9 Å². The summed E-state index contributed by atoms with van der Waals surface area (Å²) in [5, 5.41) is 3.85. The number of benzene rings is 1. The fraction of sp³-hybridized carbons (Fsp3) is 0.235. The third kappa shape index (κ3) is 3.32. The molecular weight excluding hydrogens is 312 g/mol. The lowest BCUT2D eigenvalue weighted by atomic mass is 10.2. The van der Waals surface area contributed by atoms with E-state index in [0.717, 1.165) is 17.5 Å². The number of rotatable bonds is 4. The number of esters is 1. The van der Waals surface area contributed by atoms with Crippen LogP contribution in [0.2, 0.25) is 0 Å². The molecule has 1 aromatic carbocycles. The molecule has 0 atom stereocenters. The van der Waals surface area contributed by atoms with Crippen LogP contribution in [0.5, 0.6) is 5.75 Å². The topological polar surface area (TPSA) is 65.2 Å². The molecule has 0 fully saturated rings. The van der Waals surface area contributed by atoms with E-state index >= 15 is 0 Å². The van der Waals surface area contributed by atoms with E-state index in [1.54, 1.807) is 31.2 Å². The van der Waals surface area contributed by atoms with Crippen molar-refractivity contribution in [3.05, 3.63) is 51.5 Å². The average Bonchev–Trinajstić information content (AvgIpc) is 3.14. The van der Waals surface area contributed by atoms with Gasteiger partial charge in [-0.15, -0.1) is 11.3 Å². The molecule has 0 aliphatic heterocycles. The number of thiophene rings is 1. The van der Waals surface area contributed by atoms with E-state index in [-0.39, 0.29) is 5.97 Å². The largest absolute Gasteiger partial charge is 0.422 e. The van der Waals surface area contributed by atoms with Gasteiger partial charge in [0.1, 0.15) is 10.6 Å². The molecule has 0 aliphatic carbocycles. The van der Waals surface area contributed by atoms with Crippen LogP contribution < -0.4 is 4.74 Å². The summed E-state index contributed by atoms with van der Waals surface area (Å²) in [6, 6.07) is 8.91. The Kier molecular flexibility index (Phi) is 4.25. The highest BCUT2D eigenvalue weighted by molar-refractivity contribution is 7.14. The minimum Gasteiger partial charge on any atom is -0.422 e. The zero-order chi connectivity index (χ0) is 16.4. The van der Waals surface area contributed by atoms with E-state index in [9.17, 15) is 4.79 Å². The van der Waals surface area contributed by atoms with E-state index in [1.807, 2.05) is 13.0 Å². The zero-order valence-corrected chi connectivity index (χ0v) is 13.9. The maximum Gasteiger partial charge on any atom is 0.353 e. The van der Waals surface area contributed by atoms with Crippen molar-refractivity contribution in [2.45, 2.75) is 27.2 Å². The normalized spacial score (nSPS) is 10.7. The van der Waals surface area contributed by atoms with Gasteiger partial charge < -0.3 is 9.26 Å². The van der Waals surface area contributed by atoms with E-state index in [4.69, 9.17) is 9.26 Å². The molecule has 0 N–H and O–H groups in total. The second-order valence-electron chi connectivity index (χ2n) is 5.12. The van der Waals surface area contributed by atoms with Crippen molar-refractivity contribution in [2.24, 2.45) is 0 Å². The van der Waals surface area contributed by atoms with Crippen molar-refractivity contribution >= 4 is 17.3 Å². The fourth-order valence-electron chi connectivity index (χ4n) is 2.22. The number of hydrogen-bond acceptors (Lipinski definition) is 6. The number of ether oxygens (including phenoxy) is 1. The molecule has 0 radical (unpaired) electrons. The highest BCUT2D eigenvalue weighted by Gasteiger charge is 2.14. The first-order valence-electron chi connectivity index (χ1n) is 7.29. The smallest absolute Gasteiger partial charge is 0.353 e. The summed E-state index contributed by atoms with van der Waals surface area (Å²) in [5.74, 6) is 1.18. The lowest BCUT2D eigenvalue weighted by Crippen LogP contribution is -2.06. The van der Waals surface area contributed by atoms with Gasteiger partial charge in [-0.05, 0) is 49.2 Å². The van der Waals surface area contributed by atoms with Crippen molar-refractivity contribution in [1.29, 1.82) is 0 Å². The molecule has 23 heavy (non-hydrogen) atoms. The maximum absolute atomic E-state index is 12.2. The lowest BCUT2D eigenvalue weighted by Gasteiger charge is -2.03. The van der Waals surface area contributed by atoms with Gasteiger partial charge in [0.15, 0.2) is 0 Å². The average molecular weight is 328 g/mol. The Bertz CT molecular complexity index is 834. The first-order valence-corrected chi connectivity index (χ1v) is 8.10. The second kappa shape index (κ2) is 6.34. The number of hydrogen-bond donors (Lipinski definition) is 0. The maximum atomic E-state index is 12.2. The molecule has 2 heterocycles. The Morgan fingerprint density at radius 1 is 1.26 bits per heavy atom. The predicted octanol–water partition coefficient (Wildman–Crippen LogP) is 4.20. The van der Waals surface area contributed by atoms with Gasteiger partial charge in [0, 0.05) is 17.4 Å². The van der Waals surface area contributed by atoms with Crippen LogP contribution in [0.3, 0.4) is 0 Å². The Morgan fingerprint density at radius 3 is 2.57 bits per heavy atom. The first-order chi connectivity index (χ1) is 11.1. The SMILES string of the molecule is CCc1sc(C(=O)Oc2ccc(-c3noc(C)n3)cc2)cc1C. The summed E-state index contributed by atoms with van der Waals surface area (Å²) in [6.07, 6.45) is 0.919. The minimum atomic E-state index is -0.332. The van der Waals surface area contributed by atoms with E-state index in [2.05, 4.69) is 17.1 Å². The Balaban J connectivity index is 1.73. The number of carbonyl (C=O) groups excluding carboxylic acids is 1. The van der Waals surface area contributed by atoms with Gasteiger partial charge in [-0.2, -0.15) is 4.98 Å². The van der Waals surface area contributed by atoms with Crippen LogP contribution in [0.4, 0.5) is 0 Å². The van der Waals surface area contributed by atoms with Crippen LogP contribution in [0.25, 0.3) is 11.4 Å².